The summed E-state index contributed by atoms with van der Waals surface area (Å²) in [6.07, 6.45) is 2.87. The summed E-state index contributed by atoms with van der Waals surface area (Å²) in [5, 5.41) is 0. The lowest BCUT2D eigenvalue weighted by Gasteiger charge is -2.00. The Bertz CT molecular complexity index is 378. The van der Waals surface area contributed by atoms with Crippen LogP contribution in [0.4, 0.5) is 0 Å². The van der Waals surface area contributed by atoms with Gasteiger partial charge in [-0.15, -0.1) is 0 Å². The molecule has 12 heavy (non-hydrogen) atoms. The third-order valence-electron chi connectivity index (χ3n) is 1.71. The van der Waals surface area contributed by atoms with Crippen LogP contribution < -0.4 is 0 Å². The second-order valence-corrected chi connectivity index (χ2v) is 5.09. The Balaban J connectivity index is 2.99. The third kappa shape index (κ3) is 2.07. The maximum atomic E-state index is 10.9. The first-order valence-electron chi connectivity index (χ1n) is 3.55. The minimum absolute atomic E-state index is 0.0112. The van der Waals surface area contributed by atoms with Crippen LogP contribution in [0.3, 0.4) is 0 Å². The first kappa shape index (κ1) is 9.25. The van der Waals surface area contributed by atoms with Crippen LogP contribution >= 0.6 is 0 Å². The van der Waals surface area contributed by atoms with E-state index in [1.54, 1.807) is 10.8 Å². The van der Waals surface area contributed by atoms with Crippen molar-refractivity contribution in [3.63, 3.8) is 0 Å². The molecule has 0 saturated heterocycles. The summed E-state index contributed by atoms with van der Waals surface area (Å²) in [6, 6.07) is 0. The maximum Gasteiger partial charge on any atom is 0.154 e. The molecule has 0 aliphatic carbocycles. The minimum Gasteiger partial charge on any atom is -0.335 e. The molecule has 0 unspecified atom stereocenters. The molecule has 1 aromatic heterocycles. The van der Waals surface area contributed by atoms with Crippen molar-refractivity contribution < 1.29 is 8.42 Å². The fourth-order valence-corrected chi connectivity index (χ4v) is 1.65. The van der Waals surface area contributed by atoms with Crippen LogP contribution in [0.2, 0.25) is 0 Å². The average Bonchev–Trinajstić information content (AvgIpc) is 2.16. The quantitative estimate of drug-likeness (QED) is 0.669. The number of sulfone groups is 1. The second-order valence-electron chi connectivity index (χ2n) is 2.94. The summed E-state index contributed by atoms with van der Waals surface area (Å²) >= 11 is 0. The van der Waals surface area contributed by atoms with Gasteiger partial charge >= 0.3 is 0 Å². The molecular weight excluding hydrogens is 176 g/mol. The molecule has 0 atom stereocenters. The SMILES string of the molecule is Cc1cnc(CS(C)(=O)=O)n1C. The standard InChI is InChI=1S/C7H12N2O2S/c1-6-4-8-7(9(6)2)5-12(3,10)11/h4H,5H2,1-3H3. The number of imidazole rings is 1. The van der Waals surface area contributed by atoms with Crippen LogP contribution in [0.5, 0.6) is 0 Å². The van der Waals surface area contributed by atoms with Crippen LogP contribution in [0.15, 0.2) is 6.20 Å². The molecule has 0 fully saturated rings. The van der Waals surface area contributed by atoms with Gasteiger partial charge in [-0.2, -0.15) is 0 Å². The maximum absolute atomic E-state index is 10.9. The Morgan fingerprint density at radius 3 is 2.50 bits per heavy atom. The largest absolute Gasteiger partial charge is 0.335 e. The number of aromatic nitrogens is 2. The molecule has 68 valence electrons. The molecule has 0 aliphatic rings. The van der Waals surface area contributed by atoms with E-state index in [0.29, 0.717) is 5.82 Å². The Labute approximate surface area is 72.2 Å². The van der Waals surface area contributed by atoms with Gasteiger partial charge in [-0.1, -0.05) is 0 Å². The molecule has 1 aromatic rings. The van der Waals surface area contributed by atoms with E-state index in [2.05, 4.69) is 4.98 Å². The summed E-state index contributed by atoms with van der Waals surface area (Å²) in [7, 11) is -1.16. The van der Waals surface area contributed by atoms with E-state index < -0.39 is 9.84 Å². The monoisotopic (exact) mass is 188 g/mol. The topological polar surface area (TPSA) is 52.0 Å². The fraction of sp³-hybridized carbons (Fsp3) is 0.571. The van der Waals surface area contributed by atoms with Crippen LogP contribution in [-0.2, 0) is 22.6 Å². The Morgan fingerprint density at radius 1 is 1.58 bits per heavy atom. The molecule has 0 N–H and O–H groups in total. The highest BCUT2D eigenvalue weighted by Crippen LogP contribution is 2.04. The Kier molecular flexibility index (Phi) is 2.23. The molecule has 0 aromatic carbocycles. The van der Waals surface area contributed by atoms with E-state index >= 15 is 0 Å². The van der Waals surface area contributed by atoms with Gasteiger partial charge in [0.15, 0.2) is 9.84 Å². The van der Waals surface area contributed by atoms with Crippen molar-refractivity contribution in [2.24, 2.45) is 7.05 Å². The first-order chi connectivity index (χ1) is 5.40. The van der Waals surface area contributed by atoms with Gasteiger partial charge in [-0.05, 0) is 6.92 Å². The molecule has 0 spiro atoms. The highest BCUT2D eigenvalue weighted by molar-refractivity contribution is 7.89. The number of rotatable bonds is 2. The van der Waals surface area contributed by atoms with Crippen molar-refractivity contribution in [1.29, 1.82) is 0 Å². The van der Waals surface area contributed by atoms with Crippen molar-refractivity contribution in [2.45, 2.75) is 12.7 Å². The zero-order valence-corrected chi connectivity index (χ0v) is 8.22. The summed E-state index contributed by atoms with van der Waals surface area (Å²) in [6.45, 7) is 1.89. The predicted molar refractivity (Wildman–Crippen MR) is 46.5 cm³/mol. The predicted octanol–water partition coefficient (Wildman–Crippen LogP) is 0.273. The van der Waals surface area contributed by atoms with Gasteiger partial charge in [-0.3, -0.25) is 0 Å². The van der Waals surface area contributed by atoms with E-state index in [9.17, 15) is 8.42 Å². The van der Waals surface area contributed by atoms with E-state index in [0.717, 1.165) is 5.69 Å². The van der Waals surface area contributed by atoms with E-state index in [-0.39, 0.29) is 5.75 Å². The number of hydrogen-bond acceptors (Lipinski definition) is 3. The van der Waals surface area contributed by atoms with Crippen molar-refractivity contribution in [3.8, 4) is 0 Å². The molecule has 1 rings (SSSR count). The summed E-state index contributed by atoms with van der Waals surface area (Å²) in [5.41, 5.74) is 0.966. The molecule has 0 saturated carbocycles. The minimum atomic E-state index is -2.97. The molecule has 0 aliphatic heterocycles. The van der Waals surface area contributed by atoms with Gasteiger partial charge in [0.2, 0.25) is 0 Å². The van der Waals surface area contributed by atoms with Crippen LogP contribution in [0, 0.1) is 6.92 Å². The highest BCUT2D eigenvalue weighted by Gasteiger charge is 2.09. The van der Waals surface area contributed by atoms with Crippen LogP contribution in [0.25, 0.3) is 0 Å². The molecular formula is C7H12N2O2S. The Hall–Kier alpha value is -0.840. The lowest BCUT2D eigenvalue weighted by atomic mass is 10.5. The van der Waals surface area contributed by atoms with Crippen molar-refractivity contribution in [1.82, 2.24) is 9.55 Å². The van der Waals surface area contributed by atoms with Crippen molar-refractivity contribution >= 4 is 9.84 Å². The number of hydrogen-bond donors (Lipinski definition) is 0. The molecule has 5 heteroatoms. The van der Waals surface area contributed by atoms with Crippen molar-refractivity contribution in [3.05, 3.63) is 17.7 Å². The van der Waals surface area contributed by atoms with E-state index in [4.69, 9.17) is 0 Å². The first-order valence-corrected chi connectivity index (χ1v) is 5.61. The summed E-state index contributed by atoms with van der Waals surface area (Å²) in [5.74, 6) is 0.604. The fourth-order valence-electron chi connectivity index (χ4n) is 0.913. The molecule has 0 amide bonds. The zero-order valence-electron chi connectivity index (χ0n) is 7.40. The van der Waals surface area contributed by atoms with Gasteiger partial charge in [-0.25, -0.2) is 13.4 Å². The molecule has 4 nitrogen and oxygen atoms in total. The highest BCUT2D eigenvalue weighted by atomic mass is 32.2. The van der Waals surface area contributed by atoms with E-state index in [1.807, 2.05) is 14.0 Å². The molecule has 1 heterocycles. The van der Waals surface area contributed by atoms with Crippen molar-refractivity contribution in [2.75, 3.05) is 6.26 Å². The average molecular weight is 188 g/mol. The van der Waals surface area contributed by atoms with Crippen LogP contribution in [0.1, 0.15) is 11.5 Å². The Morgan fingerprint density at radius 2 is 2.17 bits per heavy atom. The summed E-state index contributed by atoms with van der Waals surface area (Å²) < 4.78 is 23.6. The van der Waals surface area contributed by atoms with Gasteiger partial charge in [0.1, 0.15) is 11.6 Å². The molecule has 0 bridgehead atoms. The lowest BCUT2D eigenvalue weighted by molar-refractivity contribution is 0.598. The normalized spacial score (nSPS) is 11.9. The van der Waals surface area contributed by atoms with Gasteiger partial charge in [0, 0.05) is 25.2 Å². The number of aryl methyl sites for hydroxylation is 1. The second kappa shape index (κ2) is 2.90. The van der Waals surface area contributed by atoms with Gasteiger partial charge in [0.05, 0.1) is 0 Å². The van der Waals surface area contributed by atoms with E-state index in [1.165, 1.54) is 6.26 Å². The van der Waals surface area contributed by atoms with Gasteiger partial charge < -0.3 is 4.57 Å². The summed E-state index contributed by atoms with van der Waals surface area (Å²) in [4.78, 5) is 3.98. The van der Waals surface area contributed by atoms with Crippen LogP contribution in [-0.4, -0.2) is 24.2 Å². The number of nitrogens with zero attached hydrogens (tertiary/aromatic N) is 2. The molecule has 0 radical (unpaired) electrons. The third-order valence-corrected chi connectivity index (χ3v) is 2.49. The lowest BCUT2D eigenvalue weighted by Crippen LogP contribution is -2.07. The smallest absolute Gasteiger partial charge is 0.154 e. The van der Waals surface area contributed by atoms with Gasteiger partial charge in [0.25, 0.3) is 0 Å². The zero-order chi connectivity index (χ0) is 9.35.